The van der Waals surface area contributed by atoms with Crippen molar-refractivity contribution in [3.05, 3.63) is 35.1 Å². The fraction of sp³-hybridized carbons (Fsp3) is 0.538. The quantitative estimate of drug-likeness (QED) is 0.792. The van der Waals surface area contributed by atoms with Crippen LogP contribution in [0.25, 0.3) is 0 Å². The minimum Gasteiger partial charge on any atom is -0.395 e. The van der Waals surface area contributed by atoms with Gasteiger partial charge in [0, 0.05) is 25.7 Å². The molecular formula is C13H21FN2O. The Labute approximate surface area is 102 Å². The van der Waals surface area contributed by atoms with Crippen LogP contribution >= 0.6 is 0 Å². The molecular weight excluding hydrogens is 219 g/mol. The summed E-state index contributed by atoms with van der Waals surface area (Å²) in [6.45, 7) is 5.89. The highest BCUT2D eigenvalue weighted by Crippen LogP contribution is 2.14. The lowest BCUT2D eigenvalue weighted by Gasteiger charge is -2.26. The van der Waals surface area contributed by atoms with Crippen LogP contribution in [0, 0.1) is 5.82 Å². The van der Waals surface area contributed by atoms with Crippen molar-refractivity contribution in [2.45, 2.75) is 33.0 Å². The monoisotopic (exact) mass is 240 g/mol. The zero-order chi connectivity index (χ0) is 12.8. The summed E-state index contributed by atoms with van der Waals surface area (Å²) in [7, 11) is 0. The molecule has 0 atom stereocenters. The van der Waals surface area contributed by atoms with Gasteiger partial charge in [0.05, 0.1) is 6.61 Å². The van der Waals surface area contributed by atoms with Crippen LogP contribution in [0.3, 0.4) is 0 Å². The molecule has 0 fully saturated rings. The van der Waals surface area contributed by atoms with Crippen LogP contribution < -0.4 is 5.73 Å². The Morgan fingerprint density at radius 2 is 2.06 bits per heavy atom. The number of hydrogen-bond donors (Lipinski definition) is 2. The molecule has 1 aromatic carbocycles. The SMILES string of the molecule is CC(C)N(CCO)Cc1ccc(F)cc1CN. The van der Waals surface area contributed by atoms with E-state index in [1.54, 1.807) is 6.07 Å². The zero-order valence-electron chi connectivity index (χ0n) is 10.5. The van der Waals surface area contributed by atoms with Crippen molar-refractivity contribution in [2.24, 2.45) is 5.73 Å². The average molecular weight is 240 g/mol. The lowest BCUT2D eigenvalue weighted by Crippen LogP contribution is -2.33. The second-order valence-electron chi connectivity index (χ2n) is 4.40. The summed E-state index contributed by atoms with van der Waals surface area (Å²) in [5.74, 6) is -0.257. The molecule has 0 aromatic heterocycles. The Morgan fingerprint density at radius 3 is 2.59 bits per heavy atom. The highest BCUT2D eigenvalue weighted by atomic mass is 19.1. The molecule has 0 radical (unpaired) electrons. The summed E-state index contributed by atoms with van der Waals surface area (Å²) >= 11 is 0. The van der Waals surface area contributed by atoms with Crippen molar-refractivity contribution in [1.82, 2.24) is 4.90 Å². The lowest BCUT2D eigenvalue weighted by molar-refractivity contribution is 0.159. The van der Waals surface area contributed by atoms with Crippen LogP contribution in [-0.4, -0.2) is 29.2 Å². The minimum atomic E-state index is -0.257. The van der Waals surface area contributed by atoms with Crippen LogP contribution in [0.15, 0.2) is 18.2 Å². The molecule has 3 N–H and O–H groups in total. The Hall–Kier alpha value is -0.970. The Bertz CT molecular complexity index is 355. The molecule has 0 unspecified atom stereocenters. The molecule has 0 heterocycles. The second kappa shape index (κ2) is 6.69. The molecule has 4 heteroatoms. The van der Waals surface area contributed by atoms with Gasteiger partial charge in [-0.2, -0.15) is 0 Å². The normalized spacial score (nSPS) is 11.5. The molecule has 1 aromatic rings. The van der Waals surface area contributed by atoms with Gasteiger partial charge in [-0.25, -0.2) is 4.39 Å². The first-order valence-corrected chi connectivity index (χ1v) is 5.90. The third-order valence-electron chi connectivity index (χ3n) is 2.88. The van der Waals surface area contributed by atoms with Crippen LogP contribution in [-0.2, 0) is 13.1 Å². The third kappa shape index (κ3) is 4.07. The van der Waals surface area contributed by atoms with Gasteiger partial charge in [-0.3, -0.25) is 4.90 Å². The van der Waals surface area contributed by atoms with Crippen molar-refractivity contribution >= 4 is 0 Å². The molecule has 0 bridgehead atoms. The van der Waals surface area contributed by atoms with Gasteiger partial charge in [0.25, 0.3) is 0 Å². The van der Waals surface area contributed by atoms with Crippen LogP contribution in [0.5, 0.6) is 0 Å². The maximum absolute atomic E-state index is 13.1. The van der Waals surface area contributed by atoms with E-state index in [1.165, 1.54) is 12.1 Å². The molecule has 0 saturated heterocycles. The van der Waals surface area contributed by atoms with Crippen LogP contribution in [0.4, 0.5) is 4.39 Å². The van der Waals surface area contributed by atoms with Gasteiger partial charge >= 0.3 is 0 Å². The highest BCUT2D eigenvalue weighted by Gasteiger charge is 2.12. The van der Waals surface area contributed by atoms with E-state index in [4.69, 9.17) is 10.8 Å². The van der Waals surface area contributed by atoms with E-state index >= 15 is 0 Å². The summed E-state index contributed by atoms with van der Waals surface area (Å²) in [5, 5.41) is 9.01. The predicted molar refractivity (Wildman–Crippen MR) is 66.9 cm³/mol. The number of rotatable bonds is 6. The van der Waals surface area contributed by atoms with Crippen LogP contribution in [0.2, 0.25) is 0 Å². The van der Waals surface area contributed by atoms with E-state index in [9.17, 15) is 4.39 Å². The van der Waals surface area contributed by atoms with E-state index in [0.29, 0.717) is 25.7 Å². The predicted octanol–water partition coefficient (Wildman–Crippen LogP) is 1.49. The van der Waals surface area contributed by atoms with Crippen molar-refractivity contribution in [3.8, 4) is 0 Å². The lowest BCUT2D eigenvalue weighted by atomic mass is 10.1. The van der Waals surface area contributed by atoms with E-state index in [1.807, 2.05) is 0 Å². The molecule has 0 aliphatic heterocycles. The molecule has 3 nitrogen and oxygen atoms in total. The highest BCUT2D eigenvalue weighted by molar-refractivity contribution is 5.27. The molecule has 96 valence electrons. The standard InChI is InChI=1S/C13H21FN2O/c1-10(2)16(5-6-17)9-11-3-4-13(14)7-12(11)8-15/h3-4,7,10,17H,5-6,8-9,15H2,1-2H3. The van der Waals surface area contributed by atoms with Crippen molar-refractivity contribution in [3.63, 3.8) is 0 Å². The Morgan fingerprint density at radius 1 is 1.35 bits per heavy atom. The molecule has 0 aliphatic carbocycles. The van der Waals surface area contributed by atoms with Gasteiger partial charge in [-0.05, 0) is 37.1 Å². The Kier molecular flexibility index (Phi) is 5.55. The molecule has 0 aliphatic rings. The van der Waals surface area contributed by atoms with E-state index in [2.05, 4.69) is 18.7 Å². The first kappa shape index (κ1) is 14.1. The summed E-state index contributed by atoms with van der Waals surface area (Å²) in [4.78, 5) is 2.13. The number of hydrogen-bond acceptors (Lipinski definition) is 3. The van der Waals surface area contributed by atoms with Gasteiger partial charge in [-0.15, -0.1) is 0 Å². The molecule has 17 heavy (non-hydrogen) atoms. The smallest absolute Gasteiger partial charge is 0.123 e. The molecule has 0 spiro atoms. The summed E-state index contributed by atoms with van der Waals surface area (Å²) in [5.41, 5.74) is 7.46. The summed E-state index contributed by atoms with van der Waals surface area (Å²) in [6, 6.07) is 5.03. The van der Waals surface area contributed by atoms with Crippen LogP contribution in [0.1, 0.15) is 25.0 Å². The third-order valence-corrected chi connectivity index (χ3v) is 2.88. The maximum atomic E-state index is 13.1. The van der Waals surface area contributed by atoms with Crippen molar-refractivity contribution in [1.29, 1.82) is 0 Å². The van der Waals surface area contributed by atoms with E-state index < -0.39 is 0 Å². The van der Waals surface area contributed by atoms with Crippen molar-refractivity contribution in [2.75, 3.05) is 13.2 Å². The number of benzene rings is 1. The Balaban J connectivity index is 2.84. The number of aliphatic hydroxyl groups excluding tert-OH is 1. The van der Waals surface area contributed by atoms with Gasteiger partial charge in [0.15, 0.2) is 0 Å². The number of nitrogens with zero attached hydrogens (tertiary/aromatic N) is 1. The number of aliphatic hydroxyl groups is 1. The number of halogens is 1. The fourth-order valence-electron chi connectivity index (χ4n) is 1.81. The van der Waals surface area contributed by atoms with Crippen molar-refractivity contribution < 1.29 is 9.50 Å². The van der Waals surface area contributed by atoms with Gasteiger partial charge in [-0.1, -0.05) is 6.07 Å². The topological polar surface area (TPSA) is 49.5 Å². The average Bonchev–Trinajstić information content (AvgIpc) is 2.30. The van der Waals surface area contributed by atoms with Gasteiger partial charge in [0.1, 0.15) is 5.82 Å². The maximum Gasteiger partial charge on any atom is 0.123 e. The summed E-state index contributed by atoms with van der Waals surface area (Å²) < 4.78 is 13.1. The minimum absolute atomic E-state index is 0.122. The number of nitrogens with two attached hydrogens (primary N) is 1. The molecule has 0 saturated carbocycles. The molecule has 1 rings (SSSR count). The molecule has 0 amide bonds. The first-order chi connectivity index (χ1) is 8.08. The van der Waals surface area contributed by atoms with E-state index in [0.717, 1.165) is 11.1 Å². The summed E-state index contributed by atoms with van der Waals surface area (Å²) in [6.07, 6.45) is 0. The zero-order valence-corrected chi connectivity index (χ0v) is 10.5. The van der Waals surface area contributed by atoms with E-state index in [-0.39, 0.29) is 12.4 Å². The van der Waals surface area contributed by atoms with Gasteiger partial charge < -0.3 is 10.8 Å². The first-order valence-electron chi connectivity index (χ1n) is 5.90. The largest absolute Gasteiger partial charge is 0.395 e. The second-order valence-corrected chi connectivity index (χ2v) is 4.40. The fourth-order valence-corrected chi connectivity index (χ4v) is 1.81. The van der Waals surface area contributed by atoms with Gasteiger partial charge in [0.2, 0.25) is 0 Å².